The van der Waals surface area contributed by atoms with E-state index < -0.39 is 6.04 Å². The molecular weight excluding hydrogens is 265 g/mol. The molecule has 1 aromatic heterocycles. The van der Waals surface area contributed by atoms with Gasteiger partial charge in [-0.2, -0.15) is 0 Å². The zero-order chi connectivity index (χ0) is 12.6. The average Bonchev–Trinajstić information content (AvgIpc) is 2.62. The summed E-state index contributed by atoms with van der Waals surface area (Å²) in [4.78, 5) is 27.7. The lowest BCUT2D eigenvalue weighted by Gasteiger charge is -2.32. The molecule has 1 saturated heterocycles. The minimum atomic E-state index is -0.489. The summed E-state index contributed by atoms with van der Waals surface area (Å²) >= 11 is 11.5. The highest BCUT2D eigenvalue weighted by Crippen LogP contribution is 2.23. The van der Waals surface area contributed by atoms with Crippen molar-refractivity contribution in [3.63, 3.8) is 0 Å². The number of carbonyl (C=O) groups excluding carboxylic acids is 2. The van der Waals surface area contributed by atoms with Crippen LogP contribution >= 0.6 is 23.2 Å². The molecule has 1 aliphatic rings. The Morgan fingerprint density at radius 1 is 1.53 bits per heavy atom. The number of nitrogens with zero attached hydrogens (tertiary/aromatic N) is 1. The van der Waals surface area contributed by atoms with Crippen molar-refractivity contribution >= 4 is 35.0 Å². The van der Waals surface area contributed by atoms with Crippen molar-refractivity contribution in [1.82, 2.24) is 15.2 Å². The van der Waals surface area contributed by atoms with Crippen LogP contribution in [0.4, 0.5) is 0 Å². The number of piperazine rings is 1. The molecule has 1 aliphatic heterocycles. The van der Waals surface area contributed by atoms with Crippen molar-refractivity contribution in [1.29, 1.82) is 0 Å². The molecule has 92 valence electrons. The monoisotopic (exact) mass is 275 g/mol. The zero-order valence-corrected chi connectivity index (χ0v) is 10.6. The summed E-state index contributed by atoms with van der Waals surface area (Å²) in [7, 11) is 0. The van der Waals surface area contributed by atoms with Gasteiger partial charge in [-0.15, -0.1) is 0 Å². The van der Waals surface area contributed by atoms with Crippen LogP contribution in [0.25, 0.3) is 0 Å². The third-order valence-corrected chi connectivity index (χ3v) is 3.41. The molecule has 2 amide bonds. The van der Waals surface area contributed by atoms with E-state index >= 15 is 0 Å². The van der Waals surface area contributed by atoms with Crippen LogP contribution in [0.3, 0.4) is 0 Å². The molecule has 1 unspecified atom stereocenters. The summed E-state index contributed by atoms with van der Waals surface area (Å²) in [6, 6.07) is 0.975. The Kier molecular flexibility index (Phi) is 3.31. The summed E-state index contributed by atoms with van der Waals surface area (Å²) < 4.78 is 0. The van der Waals surface area contributed by atoms with Gasteiger partial charge in [-0.05, 0) is 13.0 Å². The number of H-pyrrole nitrogens is 1. The fourth-order valence-electron chi connectivity index (χ4n) is 1.73. The molecule has 0 saturated carbocycles. The lowest BCUT2D eigenvalue weighted by molar-refractivity contribution is -0.127. The number of hydrogen-bond donors (Lipinski definition) is 2. The molecule has 7 heteroatoms. The molecule has 1 atom stereocenters. The lowest BCUT2D eigenvalue weighted by atomic mass is 10.2. The summed E-state index contributed by atoms with van der Waals surface area (Å²) in [5.41, 5.74) is 0.293. The molecule has 5 nitrogen and oxygen atoms in total. The van der Waals surface area contributed by atoms with Crippen LogP contribution in [0.5, 0.6) is 0 Å². The summed E-state index contributed by atoms with van der Waals surface area (Å²) in [6.07, 6.45) is 0. The van der Waals surface area contributed by atoms with Crippen LogP contribution in [0.1, 0.15) is 17.4 Å². The van der Waals surface area contributed by atoms with Gasteiger partial charge >= 0.3 is 0 Å². The lowest BCUT2D eigenvalue weighted by Crippen LogP contribution is -2.55. The highest BCUT2D eigenvalue weighted by Gasteiger charge is 2.30. The van der Waals surface area contributed by atoms with Gasteiger partial charge in [-0.1, -0.05) is 23.2 Å². The first-order valence-corrected chi connectivity index (χ1v) is 5.89. The van der Waals surface area contributed by atoms with Gasteiger partial charge in [0.05, 0.1) is 5.02 Å². The van der Waals surface area contributed by atoms with Crippen LogP contribution in [-0.4, -0.2) is 40.8 Å². The normalized spacial score (nSPS) is 20.3. The van der Waals surface area contributed by atoms with Gasteiger partial charge in [0.2, 0.25) is 5.91 Å². The minimum Gasteiger partial charge on any atom is -0.353 e. The van der Waals surface area contributed by atoms with Gasteiger partial charge < -0.3 is 15.2 Å². The number of amides is 2. The van der Waals surface area contributed by atoms with Crippen LogP contribution in [0.15, 0.2) is 6.07 Å². The Morgan fingerprint density at radius 3 is 2.82 bits per heavy atom. The predicted molar refractivity (Wildman–Crippen MR) is 64.3 cm³/mol. The SMILES string of the molecule is CC1C(=O)NCCN1C(=O)c1cc(Cl)c(Cl)[nH]1. The summed E-state index contributed by atoms with van der Waals surface area (Å²) in [5, 5.41) is 3.21. The van der Waals surface area contributed by atoms with Crippen molar-refractivity contribution in [2.24, 2.45) is 0 Å². The molecule has 1 aromatic rings. The highest BCUT2D eigenvalue weighted by atomic mass is 35.5. The van der Waals surface area contributed by atoms with E-state index in [2.05, 4.69) is 10.3 Å². The Balaban J connectivity index is 2.22. The van der Waals surface area contributed by atoms with Gasteiger partial charge in [-0.3, -0.25) is 9.59 Å². The maximum atomic E-state index is 12.1. The molecule has 0 bridgehead atoms. The number of aromatic nitrogens is 1. The molecule has 0 spiro atoms. The first-order valence-electron chi connectivity index (χ1n) is 5.13. The molecule has 1 fully saturated rings. The molecule has 2 heterocycles. The Bertz CT molecular complexity index is 453. The van der Waals surface area contributed by atoms with Crippen LogP contribution in [-0.2, 0) is 4.79 Å². The number of rotatable bonds is 1. The van der Waals surface area contributed by atoms with E-state index in [0.717, 1.165) is 0 Å². The average molecular weight is 276 g/mol. The molecule has 2 rings (SSSR count). The van der Waals surface area contributed by atoms with Gasteiger partial charge in [0, 0.05) is 13.1 Å². The van der Waals surface area contributed by atoms with Gasteiger partial charge in [0.25, 0.3) is 5.91 Å². The predicted octanol–water partition coefficient (Wildman–Crippen LogP) is 1.28. The van der Waals surface area contributed by atoms with Crippen molar-refractivity contribution in [3.8, 4) is 0 Å². The number of hydrogen-bond acceptors (Lipinski definition) is 2. The van der Waals surface area contributed by atoms with Crippen molar-refractivity contribution < 1.29 is 9.59 Å². The number of halogens is 2. The molecule has 0 radical (unpaired) electrons. The van der Waals surface area contributed by atoms with Gasteiger partial charge in [0.1, 0.15) is 16.9 Å². The Morgan fingerprint density at radius 2 is 2.24 bits per heavy atom. The molecule has 0 aliphatic carbocycles. The second kappa shape index (κ2) is 4.58. The van der Waals surface area contributed by atoms with Crippen LogP contribution in [0.2, 0.25) is 10.2 Å². The van der Waals surface area contributed by atoms with E-state index in [1.807, 2.05) is 0 Å². The standard InChI is InChI=1S/C10H11Cl2N3O2/c1-5-9(16)13-2-3-15(5)10(17)7-4-6(11)8(12)14-7/h4-5,14H,2-3H2,1H3,(H,13,16). The van der Waals surface area contributed by atoms with E-state index in [1.54, 1.807) is 6.92 Å². The number of aromatic amines is 1. The largest absolute Gasteiger partial charge is 0.353 e. The topological polar surface area (TPSA) is 65.2 Å². The zero-order valence-electron chi connectivity index (χ0n) is 9.09. The van der Waals surface area contributed by atoms with E-state index in [9.17, 15) is 9.59 Å². The van der Waals surface area contributed by atoms with Gasteiger partial charge in [0.15, 0.2) is 0 Å². The second-order valence-corrected chi connectivity index (χ2v) is 4.60. The van der Waals surface area contributed by atoms with Crippen LogP contribution < -0.4 is 5.32 Å². The third kappa shape index (κ3) is 2.25. The Labute approximate surface area is 108 Å². The first-order chi connectivity index (χ1) is 8.00. The molecule has 0 aromatic carbocycles. The van der Waals surface area contributed by atoms with E-state index in [0.29, 0.717) is 23.8 Å². The van der Waals surface area contributed by atoms with Gasteiger partial charge in [-0.25, -0.2) is 0 Å². The van der Waals surface area contributed by atoms with E-state index in [-0.39, 0.29) is 17.0 Å². The maximum absolute atomic E-state index is 12.1. The molecule has 2 N–H and O–H groups in total. The van der Waals surface area contributed by atoms with E-state index in [4.69, 9.17) is 23.2 Å². The van der Waals surface area contributed by atoms with Crippen molar-refractivity contribution in [3.05, 3.63) is 21.9 Å². The molecule has 17 heavy (non-hydrogen) atoms. The first kappa shape index (κ1) is 12.3. The van der Waals surface area contributed by atoms with Crippen molar-refractivity contribution in [2.45, 2.75) is 13.0 Å². The summed E-state index contributed by atoms with van der Waals surface area (Å²) in [5.74, 6) is -0.436. The Hall–Kier alpha value is -1.20. The highest BCUT2D eigenvalue weighted by molar-refractivity contribution is 6.41. The minimum absolute atomic E-state index is 0.159. The molecular formula is C10H11Cl2N3O2. The smallest absolute Gasteiger partial charge is 0.271 e. The third-order valence-electron chi connectivity index (χ3n) is 2.72. The fourth-order valence-corrected chi connectivity index (χ4v) is 2.05. The second-order valence-electron chi connectivity index (χ2n) is 3.81. The quantitative estimate of drug-likeness (QED) is 0.811. The number of carbonyl (C=O) groups is 2. The maximum Gasteiger partial charge on any atom is 0.271 e. The van der Waals surface area contributed by atoms with Crippen molar-refractivity contribution in [2.75, 3.05) is 13.1 Å². The van der Waals surface area contributed by atoms with E-state index in [1.165, 1.54) is 11.0 Å². The van der Waals surface area contributed by atoms with Crippen LogP contribution in [0, 0.1) is 0 Å². The fraction of sp³-hybridized carbons (Fsp3) is 0.400. The summed E-state index contributed by atoms with van der Waals surface area (Å²) in [6.45, 7) is 2.61. The number of nitrogens with one attached hydrogen (secondary N) is 2.